The average molecular weight is 335 g/mol. The maximum absolute atomic E-state index is 11.8. The van der Waals surface area contributed by atoms with E-state index in [2.05, 4.69) is 5.32 Å². The van der Waals surface area contributed by atoms with Crippen LogP contribution in [0, 0.1) is 0 Å². The number of nitrogens with two attached hydrogens (primary N) is 1. The van der Waals surface area contributed by atoms with Crippen molar-refractivity contribution in [3.05, 3.63) is 65.7 Å². The first-order valence-electron chi connectivity index (χ1n) is 7.40. The normalized spacial score (nSPS) is 11.4. The lowest BCUT2D eigenvalue weighted by Gasteiger charge is -2.12. The van der Waals surface area contributed by atoms with Crippen molar-refractivity contribution < 1.29 is 9.53 Å². The Bertz CT molecular complexity index is 603. The lowest BCUT2D eigenvalue weighted by molar-refractivity contribution is -0.116. The van der Waals surface area contributed by atoms with Crippen molar-refractivity contribution in [2.45, 2.75) is 32.6 Å². The molecule has 124 valence electrons. The van der Waals surface area contributed by atoms with Gasteiger partial charge in [-0.25, -0.2) is 0 Å². The van der Waals surface area contributed by atoms with Gasteiger partial charge >= 0.3 is 0 Å². The summed E-state index contributed by atoms with van der Waals surface area (Å²) in [6.45, 7) is 2.81. The Labute approximate surface area is 143 Å². The lowest BCUT2D eigenvalue weighted by Crippen LogP contribution is -2.24. The molecule has 1 unspecified atom stereocenters. The Kier molecular flexibility index (Phi) is 8.33. The van der Waals surface area contributed by atoms with Gasteiger partial charge in [0.05, 0.1) is 13.2 Å². The van der Waals surface area contributed by atoms with Crippen LogP contribution in [0.2, 0.25) is 0 Å². The largest absolute Gasteiger partial charge is 0.372 e. The average Bonchev–Trinajstić information content (AvgIpc) is 2.49. The van der Waals surface area contributed by atoms with Crippen LogP contribution in [-0.2, 0) is 22.7 Å². The van der Waals surface area contributed by atoms with Gasteiger partial charge in [-0.3, -0.25) is 4.79 Å². The molecule has 0 fully saturated rings. The molecule has 1 atom stereocenters. The second kappa shape index (κ2) is 10.0. The summed E-state index contributed by atoms with van der Waals surface area (Å²) < 4.78 is 5.73. The number of ether oxygens (including phenoxy) is 1. The van der Waals surface area contributed by atoms with Crippen molar-refractivity contribution in [1.82, 2.24) is 0 Å². The molecule has 0 aliphatic carbocycles. The summed E-state index contributed by atoms with van der Waals surface area (Å²) in [7, 11) is 0. The Morgan fingerprint density at radius 2 is 1.74 bits per heavy atom. The van der Waals surface area contributed by atoms with Crippen molar-refractivity contribution in [2.24, 2.45) is 5.73 Å². The number of halogens is 1. The Morgan fingerprint density at radius 1 is 1.09 bits per heavy atom. The van der Waals surface area contributed by atoms with Crippen molar-refractivity contribution >= 4 is 24.0 Å². The number of nitrogens with one attached hydrogen (secondary N) is 1. The number of carbonyl (C=O) groups is 1. The molecule has 2 aromatic rings. The summed E-state index contributed by atoms with van der Waals surface area (Å²) in [5, 5.41) is 2.89. The summed E-state index contributed by atoms with van der Waals surface area (Å²) in [5.41, 5.74) is 8.50. The first-order valence-corrected chi connectivity index (χ1v) is 7.40. The van der Waals surface area contributed by atoms with E-state index >= 15 is 0 Å². The van der Waals surface area contributed by atoms with Gasteiger partial charge in [0.15, 0.2) is 0 Å². The second-order valence-electron chi connectivity index (χ2n) is 5.37. The van der Waals surface area contributed by atoms with Crippen LogP contribution in [0.1, 0.15) is 24.5 Å². The van der Waals surface area contributed by atoms with Gasteiger partial charge in [-0.15, -0.1) is 12.4 Å². The van der Waals surface area contributed by atoms with Gasteiger partial charge in [-0.05, 0) is 18.6 Å². The first kappa shape index (κ1) is 19.2. The van der Waals surface area contributed by atoms with Crippen LogP contribution in [0.25, 0.3) is 0 Å². The zero-order chi connectivity index (χ0) is 15.8. The molecule has 0 heterocycles. The zero-order valence-corrected chi connectivity index (χ0v) is 14.0. The monoisotopic (exact) mass is 334 g/mol. The van der Waals surface area contributed by atoms with Crippen LogP contribution in [0.3, 0.4) is 0 Å². The number of carbonyl (C=O) groups excluding carboxylic acids is 1. The van der Waals surface area contributed by atoms with Crippen molar-refractivity contribution in [3.8, 4) is 0 Å². The Morgan fingerprint density at radius 3 is 2.43 bits per heavy atom. The highest BCUT2D eigenvalue weighted by atomic mass is 35.5. The third-order valence-corrected chi connectivity index (χ3v) is 3.17. The quantitative estimate of drug-likeness (QED) is 0.814. The van der Waals surface area contributed by atoms with E-state index in [1.165, 1.54) is 0 Å². The molecule has 0 aromatic heterocycles. The molecule has 2 aromatic carbocycles. The van der Waals surface area contributed by atoms with Crippen LogP contribution >= 0.6 is 12.4 Å². The third kappa shape index (κ3) is 6.82. The molecule has 0 saturated heterocycles. The van der Waals surface area contributed by atoms with Crippen LogP contribution in [-0.4, -0.2) is 11.9 Å². The number of benzene rings is 2. The van der Waals surface area contributed by atoms with Crippen molar-refractivity contribution in [1.29, 1.82) is 0 Å². The summed E-state index contributed by atoms with van der Waals surface area (Å²) >= 11 is 0. The number of para-hydroxylation sites is 1. The standard InChI is InChI=1S/C18H22N2O2.ClH/c1-14(19)11-18(21)20-17-10-6-5-9-16(17)13-22-12-15-7-3-2-4-8-15;/h2-10,14H,11-13,19H2,1H3,(H,20,21);1H. The molecule has 5 heteroatoms. The molecule has 0 aliphatic heterocycles. The van der Waals surface area contributed by atoms with Crippen LogP contribution < -0.4 is 11.1 Å². The molecule has 0 radical (unpaired) electrons. The Balaban J connectivity index is 0.00000264. The number of rotatable bonds is 7. The predicted molar refractivity (Wildman–Crippen MR) is 95.5 cm³/mol. The third-order valence-electron chi connectivity index (χ3n) is 3.17. The van der Waals surface area contributed by atoms with E-state index in [9.17, 15) is 4.79 Å². The molecule has 0 spiro atoms. The fraction of sp³-hybridized carbons (Fsp3) is 0.278. The topological polar surface area (TPSA) is 64.4 Å². The highest BCUT2D eigenvalue weighted by molar-refractivity contribution is 5.91. The van der Waals surface area contributed by atoms with E-state index in [0.717, 1.165) is 16.8 Å². The van der Waals surface area contributed by atoms with E-state index in [1.807, 2.05) is 61.5 Å². The van der Waals surface area contributed by atoms with Gasteiger partial charge in [0.1, 0.15) is 0 Å². The van der Waals surface area contributed by atoms with E-state index in [1.54, 1.807) is 0 Å². The smallest absolute Gasteiger partial charge is 0.225 e. The minimum atomic E-state index is -0.151. The Hall–Kier alpha value is -1.88. The maximum Gasteiger partial charge on any atom is 0.225 e. The van der Waals surface area contributed by atoms with E-state index in [-0.39, 0.29) is 24.4 Å². The molecule has 4 nitrogen and oxygen atoms in total. The molecule has 3 N–H and O–H groups in total. The van der Waals surface area contributed by atoms with Crippen LogP contribution in [0.4, 0.5) is 5.69 Å². The molecular formula is C18H23ClN2O2. The molecule has 23 heavy (non-hydrogen) atoms. The number of hydrogen-bond acceptors (Lipinski definition) is 3. The molecule has 0 saturated carbocycles. The van der Waals surface area contributed by atoms with Crippen LogP contribution in [0.15, 0.2) is 54.6 Å². The van der Waals surface area contributed by atoms with Gasteiger partial charge in [-0.1, -0.05) is 48.5 Å². The van der Waals surface area contributed by atoms with E-state index in [0.29, 0.717) is 19.6 Å². The summed E-state index contributed by atoms with van der Waals surface area (Å²) in [5.74, 6) is -0.0782. The number of amides is 1. The highest BCUT2D eigenvalue weighted by Gasteiger charge is 2.08. The van der Waals surface area contributed by atoms with Gasteiger partial charge in [0.25, 0.3) is 0 Å². The zero-order valence-electron chi connectivity index (χ0n) is 13.2. The highest BCUT2D eigenvalue weighted by Crippen LogP contribution is 2.17. The molecule has 0 bridgehead atoms. The van der Waals surface area contributed by atoms with E-state index < -0.39 is 0 Å². The minimum Gasteiger partial charge on any atom is -0.372 e. The molecule has 2 rings (SSSR count). The summed E-state index contributed by atoms with van der Waals surface area (Å²) in [6.07, 6.45) is 0.305. The number of anilines is 1. The van der Waals surface area contributed by atoms with Gasteiger partial charge in [0, 0.05) is 23.7 Å². The summed E-state index contributed by atoms with van der Waals surface area (Å²) in [6, 6.07) is 17.5. The first-order chi connectivity index (χ1) is 10.6. The van der Waals surface area contributed by atoms with Gasteiger partial charge in [0.2, 0.25) is 5.91 Å². The summed E-state index contributed by atoms with van der Waals surface area (Å²) in [4.78, 5) is 11.8. The predicted octanol–water partition coefficient (Wildman–Crippen LogP) is 3.50. The SMILES string of the molecule is CC(N)CC(=O)Nc1ccccc1COCc1ccccc1.Cl. The van der Waals surface area contributed by atoms with Gasteiger partial charge < -0.3 is 15.8 Å². The minimum absolute atomic E-state index is 0. The molecule has 0 aliphatic rings. The second-order valence-corrected chi connectivity index (χ2v) is 5.37. The van der Waals surface area contributed by atoms with Crippen molar-refractivity contribution in [3.63, 3.8) is 0 Å². The van der Waals surface area contributed by atoms with Crippen LogP contribution in [0.5, 0.6) is 0 Å². The molecular weight excluding hydrogens is 312 g/mol. The fourth-order valence-corrected chi connectivity index (χ4v) is 2.11. The van der Waals surface area contributed by atoms with Crippen molar-refractivity contribution in [2.75, 3.05) is 5.32 Å². The molecule has 1 amide bonds. The van der Waals surface area contributed by atoms with E-state index in [4.69, 9.17) is 10.5 Å². The fourth-order valence-electron chi connectivity index (χ4n) is 2.11. The van der Waals surface area contributed by atoms with Gasteiger partial charge in [-0.2, -0.15) is 0 Å². The lowest BCUT2D eigenvalue weighted by atomic mass is 10.1. The number of hydrogen-bond donors (Lipinski definition) is 2. The maximum atomic E-state index is 11.8.